The number of hydrazine groups is 1. The van der Waals surface area contributed by atoms with Gasteiger partial charge in [0.05, 0.1) is 6.04 Å². The van der Waals surface area contributed by atoms with Gasteiger partial charge in [-0.15, -0.1) is 0 Å². The van der Waals surface area contributed by atoms with E-state index in [1.165, 1.54) is 0 Å². The van der Waals surface area contributed by atoms with Crippen LogP contribution in [0.1, 0.15) is 26.7 Å². The average molecular weight is 242 g/mol. The zero-order valence-electron chi connectivity index (χ0n) is 10.6. The average Bonchev–Trinajstić information content (AvgIpc) is 2.55. The van der Waals surface area contributed by atoms with Gasteiger partial charge in [-0.2, -0.15) is 0 Å². The van der Waals surface area contributed by atoms with Crippen molar-refractivity contribution >= 4 is 11.8 Å². The molecule has 1 rings (SSSR count). The van der Waals surface area contributed by atoms with Crippen LogP contribution in [0.4, 0.5) is 0 Å². The van der Waals surface area contributed by atoms with Crippen molar-refractivity contribution in [3.8, 4) is 0 Å². The molecule has 0 aromatic heterocycles. The van der Waals surface area contributed by atoms with Gasteiger partial charge in [0.15, 0.2) is 0 Å². The molecular formula is C11H22N4O2. The molecule has 98 valence electrons. The summed E-state index contributed by atoms with van der Waals surface area (Å²) in [7, 11) is 0. The molecule has 1 fully saturated rings. The van der Waals surface area contributed by atoms with Crippen LogP contribution < -0.4 is 11.3 Å². The second-order valence-electron chi connectivity index (χ2n) is 4.33. The number of nitrogens with two attached hydrogens (primary N) is 1. The Kier molecular flexibility index (Phi) is 5.37. The van der Waals surface area contributed by atoms with Crippen molar-refractivity contribution in [3.63, 3.8) is 0 Å². The fourth-order valence-electron chi connectivity index (χ4n) is 2.27. The summed E-state index contributed by atoms with van der Waals surface area (Å²) in [6.07, 6.45) is 1.62. The number of nitrogens with zero attached hydrogens (tertiary/aromatic N) is 2. The Balaban J connectivity index is 2.60. The molecule has 0 bridgehead atoms. The van der Waals surface area contributed by atoms with E-state index in [0.29, 0.717) is 6.54 Å². The fourth-order valence-corrected chi connectivity index (χ4v) is 2.27. The third kappa shape index (κ3) is 3.67. The first kappa shape index (κ1) is 13.9. The highest BCUT2D eigenvalue weighted by Crippen LogP contribution is 2.10. The predicted octanol–water partition coefficient (Wildman–Crippen LogP) is -0.691. The number of hydrogen-bond acceptors (Lipinski definition) is 4. The second kappa shape index (κ2) is 6.56. The van der Waals surface area contributed by atoms with Crippen molar-refractivity contribution in [1.82, 2.24) is 15.2 Å². The minimum atomic E-state index is -0.188. The molecule has 0 aliphatic carbocycles. The third-order valence-corrected chi connectivity index (χ3v) is 3.25. The highest BCUT2D eigenvalue weighted by molar-refractivity contribution is 5.81. The quantitative estimate of drug-likeness (QED) is 0.390. The Bertz CT molecular complexity index is 283. The molecule has 2 amide bonds. The maximum absolute atomic E-state index is 11.6. The second-order valence-corrected chi connectivity index (χ2v) is 4.33. The van der Waals surface area contributed by atoms with E-state index in [2.05, 4.69) is 10.3 Å². The summed E-state index contributed by atoms with van der Waals surface area (Å²) in [4.78, 5) is 26.8. The Hall–Kier alpha value is -1.14. The topological polar surface area (TPSA) is 78.7 Å². The first-order valence-corrected chi connectivity index (χ1v) is 6.10. The van der Waals surface area contributed by atoms with Crippen LogP contribution in [0.3, 0.4) is 0 Å². The van der Waals surface area contributed by atoms with Gasteiger partial charge in [0.1, 0.15) is 0 Å². The van der Waals surface area contributed by atoms with Crippen LogP contribution in [0.15, 0.2) is 0 Å². The van der Waals surface area contributed by atoms with Crippen LogP contribution in [0.2, 0.25) is 0 Å². The molecule has 1 atom stereocenters. The van der Waals surface area contributed by atoms with Crippen LogP contribution in [-0.4, -0.2) is 53.8 Å². The van der Waals surface area contributed by atoms with Gasteiger partial charge in [-0.05, 0) is 12.8 Å². The lowest BCUT2D eigenvalue weighted by Crippen LogP contribution is -2.49. The van der Waals surface area contributed by atoms with Crippen molar-refractivity contribution in [3.05, 3.63) is 0 Å². The molecule has 0 saturated carbocycles. The van der Waals surface area contributed by atoms with E-state index in [-0.39, 0.29) is 17.9 Å². The van der Waals surface area contributed by atoms with E-state index in [9.17, 15) is 9.59 Å². The maximum Gasteiger partial charge on any atom is 0.251 e. The standard InChI is InChI=1S/C11H22N4O2/c1-3-10(11(17)13-12)15-6-4-5-14(7-8-15)9(2)16/h10H,3-8,12H2,1-2H3,(H,13,17). The summed E-state index contributed by atoms with van der Waals surface area (Å²) in [5, 5.41) is 0. The zero-order chi connectivity index (χ0) is 12.8. The van der Waals surface area contributed by atoms with Crippen LogP contribution in [0.25, 0.3) is 0 Å². The van der Waals surface area contributed by atoms with Crippen LogP contribution in [-0.2, 0) is 9.59 Å². The zero-order valence-corrected chi connectivity index (χ0v) is 10.6. The molecule has 1 saturated heterocycles. The van der Waals surface area contributed by atoms with E-state index >= 15 is 0 Å². The molecule has 1 unspecified atom stereocenters. The summed E-state index contributed by atoms with van der Waals surface area (Å²) in [6.45, 7) is 6.56. The molecule has 1 aliphatic rings. The smallest absolute Gasteiger partial charge is 0.251 e. The minimum Gasteiger partial charge on any atom is -0.342 e. The molecule has 1 heterocycles. The normalized spacial score (nSPS) is 19.6. The van der Waals surface area contributed by atoms with Gasteiger partial charge in [0.2, 0.25) is 5.91 Å². The van der Waals surface area contributed by atoms with Crippen molar-refractivity contribution in [2.45, 2.75) is 32.7 Å². The highest BCUT2D eigenvalue weighted by Gasteiger charge is 2.26. The molecule has 1 aliphatic heterocycles. The number of hydrogen-bond donors (Lipinski definition) is 2. The molecule has 0 spiro atoms. The Labute approximate surface area is 102 Å². The predicted molar refractivity (Wildman–Crippen MR) is 64.9 cm³/mol. The first-order chi connectivity index (χ1) is 8.10. The van der Waals surface area contributed by atoms with E-state index in [1.54, 1.807) is 6.92 Å². The summed E-state index contributed by atoms with van der Waals surface area (Å²) in [5.41, 5.74) is 2.21. The molecule has 6 nitrogen and oxygen atoms in total. The lowest BCUT2D eigenvalue weighted by atomic mass is 10.1. The lowest BCUT2D eigenvalue weighted by Gasteiger charge is -2.28. The SMILES string of the molecule is CCC(C(=O)NN)N1CCCN(C(C)=O)CC1. The number of rotatable bonds is 3. The van der Waals surface area contributed by atoms with Gasteiger partial charge in [-0.25, -0.2) is 5.84 Å². The van der Waals surface area contributed by atoms with Gasteiger partial charge in [-0.1, -0.05) is 6.92 Å². The number of carbonyl (C=O) groups excluding carboxylic acids is 2. The molecule has 3 N–H and O–H groups in total. The van der Waals surface area contributed by atoms with Crippen molar-refractivity contribution in [2.24, 2.45) is 5.84 Å². The van der Waals surface area contributed by atoms with Crippen molar-refractivity contribution < 1.29 is 9.59 Å². The largest absolute Gasteiger partial charge is 0.342 e. The van der Waals surface area contributed by atoms with Crippen LogP contribution >= 0.6 is 0 Å². The Morgan fingerprint density at radius 3 is 2.53 bits per heavy atom. The third-order valence-electron chi connectivity index (χ3n) is 3.25. The van der Waals surface area contributed by atoms with Crippen LogP contribution in [0, 0.1) is 0 Å². The van der Waals surface area contributed by atoms with Gasteiger partial charge < -0.3 is 4.90 Å². The van der Waals surface area contributed by atoms with E-state index in [4.69, 9.17) is 5.84 Å². The fraction of sp³-hybridized carbons (Fsp3) is 0.818. The molecule has 6 heteroatoms. The van der Waals surface area contributed by atoms with E-state index in [0.717, 1.165) is 32.5 Å². The summed E-state index contributed by atoms with van der Waals surface area (Å²) >= 11 is 0. The van der Waals surface area contributed by atoms with E-state index in [1.807, 2.05) is 11.8 Å². The number of carbonyl (C=O) groups is 2. The summed E-state index contributed by atoms with van der Waals surface area (Å²) in [5.74, 6) is 5.13. The Morgan fingerprint density at radius 2 is 2.00 bits per heavy atom. The van der Waals surface area contributed by atoms with E-state index < -0.39 is 0 Å². The molecular weight excluding hydrogens is 220 g/mol. The van der Waals surface area contributed by atoms with Gasteiger partial charge in [0.25, 0.3) is 5.91 Å². The molecule has 0 aromatic rings. The van der Waals surface area contributed by atoms with Gasteiger partial charge in [0, 0.05) is 33.1 Å². The lowest BCUT2D eigenvalue weighted by molar-refractivity contribution is -0.128. The highest BCUT2D eigenvalue weighted by atomic mass is 16.2. The minimum absolute atomic E-state index is 0.100. The molecule has 17 heavy (non-hydrogen) atoms. The number of amides is 2. The van der Waals surface area contributed by atoms with Gasteiger partial charge in [-0.3, -0.25) is 19.9 Å². The first-order valence-electron chi connectivity index (χ1n) is 6.10. The van der Waals surface area contributed by atoms with Crippen molar-refractivity contribution in [1.29, 1.82) is 0 Å². The van der Waals surface area contributed by atoms with Gasteiger partial charge >= 0.3 is 0 Å². The molecule has 0 radical (unpaired) electrons. The maximum atomic E-state index is 11.6. The van der Waals surface area contributed by atoms with Crippen molar-refractivity contribution in [2.75, 3.05) is 26.2 Å². The summed E-state index contributed by atoms with van der Waals surface area (Å²) in [6, 6.07) is -0.188. The monoisotopic (exact) mass is 242 g/mol. The van der Waals surface area contributed by atoms with Crippen LogP contribution in [0.5, 0.6) is 0 Å². The molecule has 0 aromatic carbocycles. The summed E-state index contributed by atoms with van der Waals surface area (Å²) < 4.78 is 0. The number of nitrogens with one attached hydrogen (secondary N) is 1. The Morgan fingerprint density at radius 1 is 1.29 bits per heavy atom.